The van der Waals surface area contributed by atoms with Crippen LogP contribution in [0.1, 0.15) is 38.5 Å². The average molecular weight is 388 g/mol. The van der Waals surface area contributed by atoms with Crippen molar-refractivity contribution in [1.29, 1.82) is 0 Å². The van der Waals surface area contributed by atoms with Gasteiger partial charge in [0.25, 0.3) is 10.1 Å². The molecule has 0 aromatic rings. The van der Waals surface area contributed by atoms with Crippen LogP contribution >= 0.6 is 0 Å². The van der Waals surface area contributed by atoms with Crippen LogP contribution in [0, 0.1) is 11.3 Å². The number of aliphatic hydroxyl groups is 2. The second-order valence-electron chi connectivity index (χ2n) is 7.92. The monoisotopic (exact) mass is 388 g/mol. The van der Waals surface area contributed by atoms with Crippen LogP contribution in [0.3, 0.4) is 0 Å². The Kier molecular flexibility index (Phi) is 4.00. The molecule has 0 saturated heterocycles. The molecule has 4 aliphatic rings. The molecule has 0 amide bonds. The fraction of sp³-hybridized carbons (Fsp3) is 0.929. The summed E-state index contributed by atoms with van der Waals surface area (Å²) >= 11 is 0. The lowest BCUT2D eigenvalue weighted by atomic mass is 9.46. The van der Waals surface area contributed by atoms with Crippen LogP contribution in [0.5, 0.6) is 0 Å². The first-order valence-electron chi connectivity index (χ1n) is 7.82. The molecule has 0 spiro atoms. The van der Waals surface area contributed by atoms with Crippen molar-refractivity contribution >= 4 is 16.1 Å². The highest BCUT2D eigenvalue weighted by Crippen LogP contribution is 2.63. The van der Waals surface area contributed by atoms with Crippen LogP contribution in [0.2, 0.25) is 0 Å². The van der Waals surface area contributed by atoms with Crippen LogP contribution in [0.4, 0.5) is 13.2 Å². The number of ether oxygens (including phenoxy) is 1. The van der Waals surface area contributed by atoms with Crippen molar-refractivity contribution < 1.29 is 45.9 Å². The molecule has 0 aromatic heterocycles. The summed E-state index contributed by atoms with van der Waals surface area (Å²) in [6, 6.07) is 0. The summed E-state index contributed by atoms with van der Waals surface area (Å²) < 4.78 is 73.7. The van der Waals surface area contributed by atoms with Crippen molar-refractivity contribution in [2.45, 2.75) is 62.0 Å². The van der Waals surface area contributed by atoms with E-state index in [1.54, 1.807) is 0 Å². The zero-order valence-corrected chi connectivity index (χ0v) is 13.9. The van der Waals surface area contributed by atoms with Crippen molar-refractivity contribution in [3.63, 3.8) is 0 Å². The van der Waals surface area contributed by atoms with Gasteiger partial charge in [-0.2, -0.15) is 21.6 Å². The lowest BCUT2D eigenvalue weighted by Gasteiger charge is -2.62. The van der Waals surface area contributed by atoms with E-state index in [0.717, 1.165) is 0 Å². The molecule has 144 valence electrons. The molecule has 3 atom stereocenters. The van der Waals surface area contributed by atoms with E-state index >= 15 is 0 Å². The highest BCUT2D eigenvalue weighted by atomic mass is 32.2. The van der Waals surface area contributed by atoms with E-state index in [-0.39, 0.29) is 31.6 Å². The van der Waals surface area contributed by atoms with E-state index in [9.17, 15) is 36.6 Å². The Morgan fingerprint density at radius 3 is 2.04 bits per heavy atom. The minimum absolute atomic E-state index is 0.0548. The SMILES string of the molecule is O=C(OC(CS(=O)(=O)O)C(F)(F)F)C12CC3CC(O)(CC(O)(C3)C1)C2. The summed E-state index contributed by atoms with van der Waals surface area (Å²) in [5, 5.41) is 21.1. The van der Waals surface area contributed by atoms with Gasteiger partial charge in [-0.25, -0.2) is 0 Å². The summed E-state index contributed by atoms with van der Waals surface area (Å²) in [5.74, 6) is -3.31. The lowest BCUT2D eigenvalue weighted by molar-refractivity contribution is -0.252. The highest BCUT2D eigenvalue weighted by Gasteiger charge is 2.66. The highest BCUT2D eigenvalue weighted by molar-refractivity contribution is 7.85. The quantitative estimate of drug-likeness (QED) is 0.481. The summed E-state index contributed by atoms with van der Waals surface area (Å²) in [6.45, 7) is 0. The number of rotatable bonds is 4. The van der Waals surface area contributed by atoms with Crippen molar-refractivity contribution in [2.24, 2.45) is 11.3 Å². The zero-order chi connectivity index (χ0) is 18.9. The Balaban J connectivity index is 1.85. The van der Waals surface area contributed by atoms with E-state index in [2.05, 4.69) is 4.74 Å². The lowest BCUT2D eigenvalue weighted by Crippen LogP contribution is -2.65. The van der Waals surface area contributed by atoms with Gasteiger partial charge < -0.3 is 14.9 Å². The number of carbonyl (C=O) groups is 1. The Labute approximate surface area is 141 Å². The molecule has 3 unspecified atom stereocenters. The fourth-order valence-corrected chi connectivity index (χ4v) is 5.84. The largest absolute Gasteiger partial charge is 0.451 e. The summed E-state index contributed by atoms with van der Waals surface area (Å²) in [7, 11) is -5.03. The van der Waals surface area contributed by atoms with Crippen molar-refractivity contribution in [3.05, 3.63) is 0 Å². The molecular weight excluding hydrogens is 369 g/mol. The molecule has 7 nitrogen and oxygen atoms in total. The van der Waals surface area contributed by atoms with Crippen LogP contribution < -0.4 is 0 Å². The predicted molar refractivity (Wildman–Crippen MR) is 75.9 cm³/mol. The van der Waals surface area contributed by atoms with Crippen LogP contribution in [-0.2, 0) is 19.6 Å². The number of hydrogen-bond acceptors (Lipinski definition) is 6. The molecule has 0 heterocycles. The smallest absolute Gasteiger partial charge is 0.426 e. The van der Waals surface area contributed by atoms with Gasteiger partial charge in [-0.05, 0) is 38.0 Å². The summed E-state index contributed by atoms with van der Waals surface area (Å²) in [6.07, 6.45) is -7.50. The predicted octanol–water partition coefficient (Wildman–Crippen LogP) is 0.794. The molecule has 3 N–H and O–H groups in total. The van der Waals surface area contributed by atoms with E-state index < -0.39 is 50.7 Å². The van der Waals surface area contributed by atoms with E-state index in [1.165, 1.54) is 0 Å². The maximum absolute atomic E-state index is 13.0. The Bertz CT molecular complexity index is 671. The Morgan fingerprint density at radius 2 is 1.64 bits per heavy atom. The second kappa shape index (κ2) is 5.30. The molecule has 11 heteroatoms. The first kappa shape index (κ1) is 18.9. The molecule has 4 saturated carbocycles. The molecule has 0 radical (unpaired) electrons. The van der Waals surface area contributed by atoms with Gasteiger partial charge in [0, 0.05) is 6.42 Å². The van der Waals surface area contributed by atoms with Crippen LogP contribution in [-0.4, -0.2) is 58.4 Å². The summed E-state index contributed by atoms with van der Waals surface area (Å²) in [4.78, 5) is 12.5. The van der Waals surface area contributed by atoms with Gasteiger partial charge >= 0.3 is 12.1 Å². The van der Waals surface area contributed by atoms with Gasteiger partial charge in [-0.15, -0.1) is 0 Å². The fourth-order valence-electron chi connectivity index (χ4n) is 5.21. The topological polar surface area (TPSA) is 121 Å². The number of hydrogen-bond donors (Lipinski definition) is 3. The number of carbonyl (C=O) groups excluding carboxylic acids is 1. The third-order valence-corrected chi connectivity index (χ3v) is 6.14. The van der Waals surface area contributed by atoms with Gasteiger partial charge in [0.15, 0.2) is 0 Å². The third-order valence-electron chi connectivity index (χ3n) is 5.42. The van der Waals surface area contributed by atoms with Gasteiger partial charge in [-0.3, -0.25) is 9.35 Å². The molecule has 25 heavy (non-hydrogen) atoms. The van der Waals surface area contributed by atoms with Crippen molar-refractivity contribution in [3.8, 4) is 0 Å². The molecule has 0 aromatic carbocycles. The average Bonchev–Trinajstić information content (AvgIpc) is 2.30. The maximum atomic E-state index is 13.0. The van der Waals surface area contributed by atoms with Gasteiger partial charge in [0.1, 0.15) is 5.75 Å². The van der Waals surface area contributed by atoms with Gasteiger partial charge in [0.05, 0.1) is 16.6 Å². The van der Waals surface area contributed by atoms with Gasteiger partial charge in [-0.1, -0.05) is 0 Å². The van der Waals surface area contributed by atoms with Crippen molar-refractivity contribution in [2.75, 3.05) is 5.75 Å². The van der Waals surface area contributed by atoms with Crippen molar-refractivity contribution in [1.82, 2.24) is 0 Å². The van der Waals surface area contributed by atoms with E-state index in [4.69, 9.17) is 4.55 Å². The van der Waals surface area contributed by atoms with E-state index in [0.29, 0.717) is 12.8 Å². The first-order chi connectivity index (χ1) is 11.1. The molecule has 4 fully saturated rings. The molecule has 4 rings (SSSR count). The minimum Gasteiger partial charge on any atom is -0.451 e. The van der Waals surface area contributed by atoms with Gasteiger partial charge in [0.2, 0.25) is 6.10 Å². The Morgan fingerprint density at radius 1 is 1.12 bits per heavy atom. The molecule has 4 aliphatic carbocycles. The minimum atomic E-state index is -5.18. The Hall–Kier alpha value is -0.910. The van der Waals surface area contributed by atoms with E-state index in [1.807, 2.05) is 0 Å². The third kappa shape index (κ3) is 3.64. The molecule has 0 aliphatic heterocycles. The molecule has 4 bridgehead atoms. The van der Waals surface area contributed by atoms with Crippen LogP contribution in [0.15, 0.2) is 0 Å². The normalized spacial score (nSPS) is 41.6. The first-order valence-corrected chi connectivity index (χ1v) is 9.43. The number of halogens is 3. The standard InChI is InChI=1S/C14H19F3O7S/c15-14(16,17)9(4-25(21,22)23)24-10(18)11-1-8-2-12(19,5-11)7-13(20,3-8)6-11/h8-9,19-20H,1-7H2,(H,21,22,23). The number of alkyl halides is 3. The molecular formula is C14H19F3O7S. The maximum Gasteiger partial charge on any atom is 0.426 e. The summed E-state index contributed by atoms with van der Waals surface area (Å²) in [5.41, 5.74) is -4.17. The number of esters is 1. The zero-order valence-electron chi connectivity index (χ0n) is 13.1. The second-order valence-corrected chi connectivity index (χ2v) is 9.42. The van der Waals surface area contributed by atoms with Crippen LogP contribution in [0.25, 0.3) is 0 Å².